The van der Waals surface area contributed by atoms with E-state index in [0.717, 1.165) is 18.7 Å². The first-order valence-electron chi connectivity index (χ1n) is 6.97. The topological polar surface area (TPSA) is 46.1 Å². The maximum atomic E-state index is 12.5. The molecule has 0 N–H and O–H groups in total. The lowest BCUT2D eigenvalue weighted by Crippen LogP contribution is -2.28. The van der Waals surface area contributed by atoms with E-state index < -0.39 is 0 Å². The summed E-state index contributed by atoms with van der Waals surface area (Å²) in [6.07, 6.45) is 4.34. The van der Waals surface area contributed by atoms with Gasteiger partial charge >= 0.3 is 0 Å². The van der Waals surface area contributed by atoms with Crippen LogP contribution in [0.25, 0.3) is 0 Å². The average molecular weight is 302 g/mol. The van der Waals surface area contributed by atoms with Crippen LogP contribution in [0.1, 0.15) is 34.0 Å². The number of likely N-dealkylation sites (tertiary alicyclic amines) is 1. The van der Waals surface area contributed by atoms with Crippen LogP contribution in [0.2, 0.25) is 5.15 Å². The van der Waals surface area contributed by atoms with E-state index in [0.29, 0.717) is 23.2 Å². The average Bonchev–Trinajstić information content (AvgIpc) is 2.96. The summed E-state index contributed by atoms with van der Waals surface area (Å²) < 4.78 is 0. The molecule has 2 aromatic heterocycles. The Bertz CT molecular complexity index is 674. The molecule has 1 aliphatic rings. The largest absolute Gasteiger partial charge is 0.338 e. The Morgan fingerprint density at radius 1 is 1.29 bits per heavy atom. The van der Waals surface area contributed by atoms with Crippen molar-refractivity contribution in [3.05, 3.63) is 58.6 Å². The first-order chi connectivity index (χ1) is 10.1. The number of aryl methyl sites for hydroxylation is 1. The molecule has 1 fully saturated rings. The van der Waals surface area contributed by atoms with Crippen LogP contribution in [0.15, 0.2) is 36.7 Å². The molecule has 2 aromatic rings. The minimum atomic E-state index is 0.00875. The summed E-state index contributed by atoms with van der Waals surface area (Å²) in [6, 6.07) is 7.40. The SMILES string of the molecule is Cc1ccnc([C@@H]2CCN(C(=O)c3ccnc(Cl)c3)C2)c1. The van der Waals surface area contributed by atoms with E-state index in [-0.39, 0.29) is 5.91 Å². The van der Waals surface area contributed by atoms with E-state index in [9.17, 15) is 4.79 Å². The number of hydrogen-bond acceptors (Lipinski definition) is 3. The van der Waals surface area contributed by atoms with Gasteiger partial charge in [-0.2, -0.15) is 0 Å². The zero-order valence-electron chi connectivity index (χ0n) is 11.8. The van der Waals surface area contributed by atoms with E-state index in [2.05, 4.69) is 23.0 Å². The van der Waals surface area contributed by atoms with Crippen LogP contribution in [0, 0.1) is 6.92 Å². The van der Waals surface area contributed by atoms with Crippen molar-refractivity contribution in [2.24, 2.45) is 0 Å². The molecule has 0 unspecified atom stereocenters. The summed E-state index contributed by atoms with van der Waals surface area (Å²) in [5, 5.41) is 0.344. The Kier molecular flexibility index (Phi) is 3.88. The molecule has 0 saturated carbocycles. The van der Waals surface area contributed by atoms with Gasteiger partial charge in [-0.3, -0.25) is 9.78 Å². The zero-order chi connectivity index (χ0) is 14.8. The van der Waals surface area contributed by atoms with Gasteiger partial charge in [-0.1, -0.05) is 11.6 Å². The maximum Gasteiger partial charge on any atom is 0.254 e. The number of aromatic nitrogens is 2. The van der Waals surface area contributed by atoms with E-state index in [1.54, 1.807) is 18.3 Å². The molecular formula is C16H16ClN3O. The molecule has 0 aliphatic carbocycles. The summed E-state index contributed by atoms with van der Waals surface area (Å²) in [6.45, 7) is 3.51. The Morgan fingerprint density at radius 3 is 2.86 bits per heavy atom. The fourth-order valence-electron chi connectivity index (χ4n) is 2.69. The molecule has 5 heteroatoms. The highest BCUT2D eigenvalue weighted by atomic mass is 35.5. The maximum absolute atomic E-state index is 12.5. The smallest absolute Gasteiger partial charge is 0.254 e. The Labute approximate surface area is 128 Å². The van der Waals surface area contributed by atoms with Crippen molar-refractivity contribution in [1.82, 2.24) is 14.9 Å². The van der Waals surface area contributed by atoms with Gasteiger partial charge in [-0.05, 0) is 43.2 Å². The summed E-state index contributed by atoms with van der Waals surface area (Å²) in [4.78, 5) is 22.7. The Balaban J connectivity index is 1.74. The second-order valence-electron chi connectivity index (χ2n) is 5.36. The lowest BCUT2D eigenvalue weighted by Gasteiger charge is -2.16. The molecule has 0 bridgehead atoms. The van der Waals surface area contributed by atoms with Gasteiger partial charge in [0.25, 0.3) is 5.91 Å². The van der Waals surface area contributed by atoms with Crippen molar-refractivity contribution >= 4 is 17.5 Å². The van der Waals surface area contributed by atoms with Crippen molar-refractivity contribution < 1.29 is 4.79 Å². The number of carbonyl (C=O) groups is 1. The number of halogens is 1. The van der Waals surface area contributed by atoms with Crippen LogP contribution in [0.3, 0.4) is 0 Å². The molecule has 4 nitrogen and oxygen atoms in total. The van der Waals surface area contributed by atoms with E-state index >= 15 is 0 Å². The molecule has 1 amide bonds. The highest BCUT2D eigenvalue weighted by molar-refractivity contribution is 6.29. The van der Waals surface area contributed by atoms with Crippen molar-refractivity contribution in [2.45, 2.75) is 19.3 Å². The molecule has 0 radical (unpaired) electrons. The van der Waals surface area contributed by atoms with Crippen LogP contribution in [0.5, 0.6) is 0 Å². The van der Waals surface area contributed by atoms with Gasteiger partial charge in [0.1, 0.15) is 5.15 Å². The third kappa shape index (κ3) is 3.05. The Morgan fingerprint density at radius 2 is 2.10 bits per heavy atom. The number of rotatable bonds is 2. The van der Waals surface area contributed by atoms with Crippen molar-refractivity contribution in [2.75, 3.05) is 13.1 Å². The van der Waals surface area contributed by atoms with Crippen molar-refractivity contribution in [1.29, 1.82) is 0 Å². The first-order valence-corrected chi connectivity index (χ1v) is 7.34. The standard InChI is InChI=1S/C16H16ClN3O/c1-11-2-5-18-14(8-11)13-4-7-20(10-13)16(21)12-3-6-19-15(17)9-12/h2-3,5-6,8-9,13H,4,7,10H2,1H3/t13-/m1/s1. The van der Waals surface area contributed by atoms with Gasteiger partial charge in [-0.15, -0.1) is 0 Å². The number of carbonyl (C=O) groups excluding carboxylic acids is 1. The minimum absolute atomic E-state index is 0.00875. The predicted molar refractivity (Wildman–Crippen MR) is 81.5 cm³/mol. The second kappa shape index (κ2) is 5.82. The summed E-state index contributed by atoms with van der Waals surface area (Å²) in [7, 11) is 0. The third-order valence-electron chi connectivity index (χ3n) is 3.80. The molecule has 0 aromatic carbocycles. The summed E-state index contributed by atoms with van der Waals surface area (Å²) >= 11 is 5.85. The van der Waals surface area contributed by atoms with E-state index in [1.165, 1.54) is 5.56 Å². The number of amides is 1. The van der Waals surface area contributed by atoms with Gasteiger partial charge < -0.3 is 4.90 Å². The molecule has 1 atom stereocenters. The molecule has 108 valence electrons. The monoisotopic (exact) mass is 301 g/mol. The highest BCUT2D eigenvalue weighted by Gasteiger charge is 2.28. The number of pyridine rings is 2. The van der Waals surface area contributed by atoms with Gasteiger partial charge in [0.15, 0.2) is 0 Å². The Hall–Kier alpha value is -1.94. The molecule has 1 aliphatic heterocycles. The quantitative estimate of drug-likeness (QED) is 0.801. The van der Waals surface area contributed by atoms with Gasteiger partial charge in [0.05, 0.1) is 0 Å². The minimum Gasteiger partial charge on any atom is -0.338 e. The third-order valence-corrected chi connectivity index (χ3v) is 4.01. The molecule has 21 heavy (non-hydrogen) atoms. The number of hydrogen-bond donors (Lipinski definition) is 0. The molecule has 3 heterocycles. The normalized spacial score (nSPS) is 18.0. The van der Waals surface area contributed by atoms with E-state index in [4.69, 9.17) is 11.6 Å². The number of nitrogens with zero attached hydrogens (tertiary/aromatic N) is 3. The van der Waals surface area contributed by atoms with Gasteiger partial charge in [-0.25, -0.2) is 4.98 Å². The van der Waals surface area contributed by atoms with Crippen molar-refractivity contribution in [3.8, 4) is 0 Å². The van der Waals surface area contributed by atoms with Crippen molar-refractivity contribution in [3.63, 3.8) is 0 Å². The fraction of sp³-hybridized carbons (Fsp3) is 0.312. The van der Waals surface area contributed by atoms with Crippen LogP contribution in [-0.4, -0.2) is 33.9 Å². The summed E-state index contributed by atoms with van der Waals surface area (Å²) in [5.41, 5.74) is 2.86. The molecular weight excluding hydrogens is 286 g/mol. The van der Waals surface area contributed by atoms with Crippen LogP contribution < -0.4 is 0 Å². The zero-order valence-corrected chi connectivity index (χ0v) is 12.5. The van der Waals surface area contributed by atoms with E-state index in [1.807, 2.05) is 17.2 Å². The van der Waals surface area contributed by atoms with Crippen LogP contribution >= 0.6 is 11.6 Å². The molecule has 1 saturated heterocycles. The fourth-order valence-corrected chi connectivity index (χ4v) is 2.86. The van der Waals surface area contributed by atoms with Crippen LogP contribution in [0.4, 0.5) is 0 Å². The van der Waals surface area contributed by atoms with Crippen LogP contribution in [-0.2, 0) is 0 Å². The van der Waals surface area contributed by atoms with Gasteiger partial charge in [0, 0.05) is 42.7 Å². The van der Waals surface area contributed by atoms with Gasteiger partial charge in [0.2, 0.25) is 0 Å². The first kappa shape index (κ1) is 14.0. The summed E-state index contributed by atoms with van der Waals surface area (Å²) in [5.74, 6) is 0.320. The molecule has 0 spiro atoms. The lowest BCUT2D eigenvalue weighted by atomic mass is 10.0. The highest BCUT2D eigenvalue weighted by Crippen LogP contribution is 2.27. The molecule has 3 rings (SSSR count). The predicted octanol–water partition coefficient (Wildman–Crippen LogP) is 3.07. The lowest BCUT2D eigenvalue weighted by molar-refractivity contribution is 0.0790. The second-order valence-corrected chi connectivity index (χ2v) is 5.75.